The Balaban J connectivity index is 0.000000191. The van der Waals surface area contributed by atoms with Crippen LogP contribution in [0.4, 0.5) is 5.82 Å². The minimum Gasteiger partial charge on any atom is -0.497 e. The molecule has 19 heavy (non-hydrogen) atoms. The fourth-order valence-corrected chi connectivity index (χ4v) is 1.26. The van der Waals surface area contributed by atoms with Gasteiger partial charge in [-0.3, -0.25) is 4.79 Å². The molecule has 2 N–H and O–H groups in total. The highest BCUT2D eigenvalue weighted by molar-refractivity contribution is 5.74. The normalized spacial score (nSPS) is 8.95. The number of ether oxygens (including phenoxy) is 2. The van der Waals surface area contributed by atoms with Gasteiger partial charge in [-0.15, -0.1) is 0 Å². The predicted octanol–water partition coefficient (Wildman–Crippen LogP) is 2.18. The van der Waals surface area contributed by atoms with Crippen molar-refractivity contribution < 1.29 is 14.3 Å². The van der Waals surface area contributed by atoms with E-state index in [1.54, 1.807) is 56.8 Å². The molecule has 0 bridgehead atoms. The monoisotopic (exact) mass is 260 g/mol. The number of nitrogens with zero attached hydrogens (tertiary/aromatic N) is 1. The van der Waals surface area contributed by atoms with Crippen LogP contribution in [0.1, 0.15) is 10.4 Å². The van der Waals surface area contributed by atoms with E-state index in [1.165, 1.54) is 0 Å². The molecule has 5 heteroatoms. The van der Waals surface area contributed by atoms with E-state index >= 15 is 0 Å². The highest BCUT2D eigenvalue weighted by atomic mass is 16.5. The van der Waals surface area contributed by atoms with Crippen LogP contribution < -0.4 is 15.2 Å². The second-order valence-corrected chi connectivity index (χ2v) is 3.48. The molecule has 1 aromatic heterocycles. The average Bonchev–Trinajstić information content (AvgIpc) is 2.48. The number of aromatic nitrogens is 1. The van der Waals surface area contributed by atoms with Crippen LogP contribution in [-0.2, 0) is 0 Å². The Bertz CT molecular complexity index is 512. The van der Waals surface area contributed by atoms with Crippen molar-refractivity contribution in [2.24, 2.45) is 0 Å². The van der Waals surface area contributed by atoms with Crippen LogP contribution in [0.2, 0.25) is 0 Å². The lowest BCUT2D eigenvalue weighted by Gasteiger charge is -1.99. The fraction of sp³-hybridized carbons (Fsp3) is 0.143. The molecule has 0 aliphatic carbocycles. The van der Waals surface area contributed by atoms with Crippen LogP contribution in [-0.4, -0.2) is 25.5 Å². The highest BCUT2D eigenvalue weighted by Crippen LogP contribution is 2.14. The van der Waals surface area contributed by atoms with E-state index in [0.29, 0.717) is 17.1 Å². The number of hydrogen-bond acceptors (Lipinski definition) is 5. The van der Waals surface area contributed by atoms with Crippen LogP contribution in [0.15, 0.2) is 42.6 Å². The summed E-state index contributed by atoms with van der Waals surface area (Å²) in [6.07, 6.45) is 2.43. The molecular weight excluding hydrogens is 244 g/mol. The Morgan fingerprint density at radius 3 is 2.21 bits per heavy atom. The molecule has 5 nitrogen and oxygen atoms in total. The van der Waals surface area contributed by atoms with Gasteiger partial charge in [-0.1, -0.05) is 0 Å². The second kappa shape index (κ2) is 7.71. The summed E-state index contributed by atoms with van der Waals surface area (Å²) in [6, 6.07) is 10.5. The molecule has 2 rings (SSSR count). The SMILES string of the molecule is COc1ccc(C=O)cc1.COc1cccnc1N. The van der Waals surface area contributed by atoms with E-state index in [9.17, 15) is 4.79 Å². The molecule has 0 saturated heterocycles. The Hall–Kier alpha value is -2.56. The summed E-state index contributed by atoms with van der Waals surface area (Å²) in [5, 5.41) is 0. The zero-order valence-corrected chi connectivity index (χ0v) is 10.9. The van der Waals surface area contributed by atoms with Crippen molar-refractivity contribution in [2.75, 3.05) is 20.0 Å². The third kappa shape index (κ3) is 4.67. The second-order valence-electron chi connectivity index (χ2n) is 3.48. The number of benzene rings is 1. The van der Waals surface area contributed by atoms with E-state index in [0.717, 1.165) is 12.0 Å². The standard InChI is InChI=1S/C8H8O2.C6H8N2O/c1-10-8-4-2-7(6-9)3-5-8;1-9-5-3-2-4-8-6(5)7/h2-6H,1H3;2-4H,1H3,(H2,7,8). The third-order valence-electron chi connectivity index (χ3n) is 2.27. The molecule has 0 spiro atoms. The fourth-order valence-electron chi connectivity index (χ4n) is 1.26. The summed E-state index contributed by atoms with van der Waals surface area (Å²) in [4.78, 5) is 14.0. The van der Waals surface area contributed by atoms with Crippen LogP contribution >= 0.6 is 0 Å². The molecule has 0 aliphatic heterocycles. The maximum atomic E-state index is 10.2. The summed E-state index contributed by atoms with van der Waals surface area (Å²) in [5.41, 5.74) is 6.06. The van der Waals surface area contributed by atoms with Gasteiger partial charge in [0.2, 0.25) is 0 Å². The topological polar surface area (TPSA) is 74.4 Å². The van der Waals surface area contributed by atoms with Gasteiger partial charge in [0.15, 0.2) is 11.6 Å². The van der Waals surface area contributed by atoms with E-state index in [1.807, 2.05) is 0 Å². The van der Waals surface area contributed by atoms with Crippen molar-refractivity contribution in [2.45, 2.75) is 0 Å². The summed E-state index contributed by atoms with van der Waals surface area (Å²) < 4.78 is 9.76. The number of hydrogen-bond donors (Lipinski definition) is 1. The van der Waals surface area contributed by atoms with Crippen molar-refractivity contribution in [3.8, 4) is 11.5 Å². The molecule has 100 valence electrons. The van der Waals surface area contributed by atoms with Crippen LogP contribution in [0.5, 0.6) is 11.5 Å². The number of nitrogen functional groups attached to an aromatic ring is 1. The van der Waals surface area contributed by atoms with Crippen molar-refractivity contribution in [3.05, 3.63) is 48.2 Å². The number of aldehydes is 1. The van der Waals surface area contributed by atoms with Gasteiger partial charge in [-0.2, -0.15) is 0 Å². The minimum absolute atomic E-state index is 0.431. The van der Waals surface area contributed by atoms with Gasteiger partial charge in [0.25, 0.3) is 0 Å². The number of rotatable bonds is 3. The number of pyridine rings is 1. The molecular formula is C14H16N2O3. The van der Waals surface area contributed by atoms with E-state index in [-0.39, 0.29) is 0 Å². The zero-order chi connectivity index (χ0) is 14.1. The molecule has 0 fully saturated rings. The summed E-state index contributed by atoms with van der Waals surface area (Å²) in [7, 11) is 3.16. The Morgan fingerprint density at radius 1 is 1.11 bits per heavy atom. The molecule has 0 radical (unpaired) electrons. The first-order valence-corrected chi connectivity index (χ1v) is 5.55. The summed E-state index contributed by atoms with van der Waals surface area (Å²) >= 11 is 0. The Kier molecular flexibility index (Phi) is 5.88. The first-order chi connectivity index (χ1) is 9.21. The summed E-state index contributed by atoms with van der Waals surface area (Å²) in [6.45, 7) is 0. The number of nitrogens with two attached hydrogens (primary N) is 1. The average molecular weight is 260 g/mol. The zero-order valence-electron chi connectivity index (χ0n) is 10.9. The van der Waals surface area contributed by atoms with E-state index in [4.69, 9.17) is 15.2 Å². The van der Waals surface area contributed by atoms with Crippen LogP contribution in [0, 0.1) is 0 Å². The van der Waals surface area contributed by atoms with Crippen molar-refractivity contribution >= 4 is 12.1 Å². The molecule has 0 amide bonds. The first-order valence-electron chi connectivity index (χ1n) is 5.55. The number of methoxy groups -OCH3 is 2. The first kappa shape index (κ1) is 14.5. The van der Waals surface area contributed by atoms with Gasteiger partial charge in [-0.25, -0.2) is 4.98 Å². The van der Waals surface area contributed by atoms with Gasteiger partial charge < -0.3 is 15.2 Å². The van der Waals surface area contributed by atoms with Crippen molar-refractivity contribution in [1.29, 1.82) is 0 Å². The van der Waals surface area contributed by atoms with Crippen molar-refractivity contribution in [3.63, 3.8) is 0 Å². The van der Waals surface area contributed by atoms with Crippen LogP contribution in [0.25, 0.3) is 0 Å². The Labute approximate surface area is 112 Å². The largest absolute Gasteiger partial charge is 0.497 e. The molecule has 2 aromatic rings. The highest BCUT2D eigenvalue weighted by Gasteiger charge is 1.93. The smallest absolute Gasteiger partial charge is 0.166 e. The number of carbonyl (C=O) groups excluding carboxylic acids is 1. The number of anilines is 1. The van der Waals surface area contributed by atoms with Gasteiger partial charge in [0.1, 0.15) is 12.0 Å². The molecule has 0 aliphatic rings. The minimum atomic E-state index is 0.431. The predicted molar refractivity (Wildman–Crippen MR) is 73.6 cm³/mol. The van der Waals surface area contributed by atoms with Gasteiger partial charge in [0, 0.05) is 11.8 Å². The van der Waals surface area contributed by atoms with E-state index < -0.39 is 0 Å². The van der Waals surface area contributed by atoms with Gasteiger partial charge >= 0.3 is 0 Å². The van der Waals surface area contributed by atoms with Crippen molar-refractivity contribution in [1.82, 2.24) is 4.98 Å². The molecule has 1 aromatic carbocycles. The van der Waals surface area contributed by atoms with Gasteiger partial charge in [0.05, 0.1) is 14.2 Å². The lowest BCUT2D eigenvalue weighted by atomic mass is 10.2. The Morgan fingerprint density at radius 2 is 1.79 bits per heavy atom. The van der Waals surface area contributed by atoms with Crippen LogP contribution in [0.3, 0.4) is 0 Å². The van der Waals surface area contributed by atoms with Gasteiger partial charge in [-0.05, 0) is 36.4 Å². The molecule has 0 unspecified atom stereocenters. The third-order valence-corrected chi connectivity index (χ3v) is 2.27. The molecule has 0 saturated carbocycles. The molecule has 1 heterocycles. The lowest BCUT2D eigenvalue weighted by molar-refractivity contribution is 0.112. The quantitative estimate of drug-likeness (QED) is 0.856. The molecule has 0 atom stereocenters. The number of carbonyl (C=O) groups is 1. The lowest BCUT2D eigenvalue weighted by Crippen LogP contribution is -1.93. The summed E-state index contributed by atoms with van der Waals surface area (Å²) in [5.74, 6) is 1.82. The maximum absolute atomic E-state index is 10.2. The maximum Gasteiger partial charge on any atom is 0.166 e. The van der Waals surface area contributed by atoms with E-state index in [2.05, 4.69) is 4.98 Å².